The van der Waals surface area contributed by atoms with Gasteiger partial charge >= 0.3 is 0 Å². The van der Waals surface area contributed by atoms with Gasteiger partial charge in [-0.25, -0.2) is 0 Å². The minimum Gasteiger partial charge on any atom is -0.497 e. The molecule has 0 aliphatic rings. The number of carbonyl (C=O) groups excluding carboxylic acids is 2. The Hall–Kier alpha value is -3.12. The van der Waals surface area contributed by atoms with Gasteiger partial charge in [0.15, 0.2) is 0 Å². The number of benzene rings is 3. The van der Waals surface area contributed by atoms with Crippen LogP contribution >= 0.6 is 15.9 Å². The summed E-state index contributed by atoms with van der Waals surface area (Å²) in [6.07, 6.45) is 1.45. The van der Waals surface area contributed by atoms with Crippen LogP contribution in [-0.2, 0) is 29.0 Å². The fourth-order valence-corrected chi connectivity index (χ4v) is 4.07. The van der Waals surface area contributed by atoms with E-state index < -0.39 is 6.04 Å². The summed E-state index contributed by atoms with van der Waals surface area (Å²) >= 11 is 3.47. The molecule has 0 radical (unpaired) electrons. The molecule has 184 valence electrons. The van der Waals surface area contributed by atoms with Gasteiger partial charge in [-0.1, -0.05) is 77.5 Å². The van der Waals surface area contributed by atoms with Crippen molar-refractivity contribution in [3.63, 3.8) is 0 Å². The smallest absolute Gasteiger partial charge is 0.243 e. The van der Waals surface area contributed by atoms with Crippen LogP contribution in [0.1, 0.15) is 37.0 Å². The summed E-state index contributed by atoms with van der Waals surface area (Å²) in [6.45, 7) is 4.36. The predicted molar refractivity (Wildman–Crippen MR) is 143 cm³/mol. The van der Waals surface area contributed by atoms with Gasteiger partial charge in [0, 0.05) is 23.5 Å². The summed E-state index contributed by atoms with van der Waals surface area (Å²) in [7, 11) is 1.62. The zero-order valence-corrected chi connectivity index (χ0v) is 22.1. The van der Waals surface area contributed by atoms with E-state index in [0.717, 1.165) is 33.3 Å². The lowest BCUT2D eigenvalue weighted by molar-refractivity contribution is -0.141. The molecule has 2 amide bonds. The van der Waals surface area contributed by atoms with E-state index >= 15 is 0 Å². The first-order chi connectivity index (χ1) is 16.9. The zero-order chi connectivity index (χ0) is 25.2. The van der Waals surface area contributed by atoms with E-state index in [1.54, 1.807) is 12.0 Å². The van der Waals surface area contributed by atoms with Gasteiger partial charge in [-0.05, 0) is 54.3 Å². The molecule has 0 saturated carbocycles. The average Bonchev–Trinajstić information content (AvgIpc) is 2.88. The Labute approximate surface area is 216 Å². The fraction of sp³-hybridized carbons (Fsp3) is 0.310. The lowest BCUT2D eigenvalue weighted by atomic mass is 10.0. The maximum atomic E-state index is 13.7. The number of hydrogen-bond donors (Lipinski definition) is 1. The minimum absolute atomic E-state index is 0.0204. The molecule has 0 spiro atoms. The van der Waals surface area contributed by atoms with Gasteiger partial charge in [-0.2, -0.15) is 0 Å². The normalized spacial score (nSPS) is 12.5. The molecule has 0 saturated heterocycles. The monoisotopic (exact) mass is 536 g/mol. The zero-order valence-electron chi connectivity index (χ0n) is 20.5. The van der Waals surface area contributed by atoms with Crippen molar-refractivity contribution in [2.45, 2.75) is 51.7 Å². The highest BCUT2D eigenvalue weighted by Gasteiger charge is 2.31. The van der Waals surface area contributed by atoms with Gasteiger partial charge in [0.25, 0.3) is 0 Å². The Morgan fingerprint density at radius 2 is 1.54 bits per heavy atom. The lowest BCUT2D eigenvalue weighted by Gasteiger charge is -2.32. The van der Waals surface area contributed by atoms with Crippen LogP contribution in [0.25, 0.3) is 0 Å². The van der Waals surface area contributed by atoms with Crippen molar-refractivity contribution >= 4 is 27.7 Å². The first-order valence-corrected chi connectivity index (χ1v) is 12.7. The first-order valence-electron chi connectivity index (χ1n) is 11.9. The minimum atomic E-state index is -0.638. The van der Waals surface area contributed by atoms with Crippen LogP contribution in [0.15, 0.2) is 83.3 Å². The van der Waals surface area contributed by atoms with Crippen LogP contribution in [0.4, 0.5) is 0 Å². The van der Waals surface area contributed by atoms with Crippen molar-refractivity contribution in [1.82, 2.24) is 10.2 Å². The van der Waals surface area contributed by atoms with E-state index in [0.29, 0.717) is 13.0 Å². The number of nitrogens with one attached hydrogen (secondary N) is 1. The van der Waals surface area contributed by atoms with Crippen LogP contribution in [0.2, 0.25) is 0 Å². The topological polar surface area (TPSA) is 58.6 Å². The van der Waals surface area contributed by atoms with Crippen molar-refractivity contribution in [2.24, 2.45) is 0 Å². The summed E-state index contributed by atoms with van der Waals surface area (Å²) in [5.74, 6) is 0.504. The molecule has 2 atom stereocenters. The summed E-state index contributed by atoms with van der Waals surface area (Å²) in [6, 6.07) is 24.6. The van der Waals surface area contributed by atoms with E-state index in [9.17, 15) is 9.59 Å². The molecule has 0 bridgehead atoms. The molecule has 0 aromatic heterocycles. The quantitative estimate of drug-likeness (QED) is 0.349. The second kappa shape index (κ2) is 13.1. The highest BCUT2D eigenvalue weighted by atomic mass is 79.9. The van der Waals surface area contributed by atoms with E-state index in [-0.39, 0.29) is 24.3 Å². The molecule has 3 rings (SSSR count). The molecule has 0 fully saturated rings. The molecule has 0 heterocycles. The number of nitrogens with zero attached hydrogens (tertiary/aromatic N) is 1. The summed E-state index contributed by atoms with van der Waals surface area (Å²) < 4.78 is 6.21. The maximum absolute atomic E-state index is 13.7. The molecule has 35 heavy (non-hydrogen) atoms. The molecular formula is C29H33BrN2O3. The third-order valence-electron chi connectivity index (χ3n) is 6.05. The van der Waals surface area contributed by atoms with Crippen LogP contribution in [0.3, 0.4) is 0 Å². The lowest BCUT2D eigenvalue weighted by Crippen LogP contribution is -2.52. The number of hydrogen-bond acceptors (Lipinski definition) is 3. The Morgan fingerprint density at radius 1 is 0.914 bits per heavy atom. The number of halogens is 1. The fourth-order valence-electron chi connectivity index (χ4n) is 3.80. The predicted octanol–water partition coefficient (Wildman–Crippen LogP) is 5.56. The van der Waals surface area contributed by atoms with Crippen molar-refractivity contribution in [3.8, 4) is 5.75 Å². The number of ether oxygens (including phenoxy) is 1. The van der Waals surface area contributed by atoms with Gasteiger partial charge in [-0.15, -0.1) is 0 Å². The summed E-state index contributed by atoms with van der Waals surface area (Å²) in [5, 5.41) is 3.10. The molecule has 1 N–H and O–H groups in total. The number of carbonyl (C=O) groups is 2. The third-order valence-corrected chi connectivity index (χ3v) is 6.58. The SMILES string of the molecule is CCC(C)NC(=O)C(Cc1ccccc1)N(Cc1ccc(Br)cc1)C(=O)Cc1ccc(OC)cc1. The van der Waals surface area contributed by atoms with E-state index in [1.165, 1.54) is 0 Å². The molecule has 3 aromatic carbocycles. The van der Waals surface area contributed by atoms with Crippen LogP contribution in [0.5, 0.6) is 5.75 Å². The molecule has 0 aliphatic heterocycles. The summed E-state index contributed by atoms with van der Waals surface area (Å²) in [5.41, 5.74) is 2.85. The van der Waals surface area contributed by atoms with Gasteiger partial charge in [0.05, 0.1) is 13.5 Å². The number of methoxy groups -OCH3 is 1. The van der Waals surface area contributed by atoms with E-state index in [2.05, 4.69) is 21.2 Å². The van der Waals surface area contributed by atoms with Gasteiger partial charge in [0.1, 0.15) is 11.8 Å². The van der Waals surface area contributed by atoms with E-state index in [1.807, 2.05) is 92.7 Å². The van der Waals surface area contributed by atoms with Crippen molar-refractivity contribution in [1.29, 1.82) is 0 Å². The van der Waals surface area contributed by atoms with Crippen LogP contribution in [0, 0.1) is 0 Å². The summed E-state index contributed by atoms with van der Waals surface area (Å²) in [4.78, 5) is 29.0. The van der Waals surface area contributed by atoms with Gasteiger partial charge in [0.2, 0.25) is 11.8 Å². The third kappa shape index (κ3) is 7.96. The second-order valence-electron chi connectivity index (χ2n) is 8.70. The average molecular weight is 537 g/mol. The molecule has 2 unspecified atom stereocenters. The van der Waals surface area contributed by atoms with Crippen molar-refractivity contribution < 1.29 is 14.3 Å². The Bertz CT molecular complexity index is 1090. The molecule has 5 nitrogen and oxygen atoms in total. The maximum Gasteiger partial charge on any atom is 0.243 e. The second-order valence-corrected chi connectivity index (χ2v) is 9.61. The van der Waals surface area contributed by atoms with Gasteiger partial charge < -0.3 is 15.0 Å². The Kier molecular flexibility index (Phi) is 9.91. The largest absolute Gasteiger partial charge is 0.497 e. The first kappa shape index (κ1) is 26.5. The van der Waals surface area contributed by atoms with Crippen molar-refractivity contribution in [3.05, 3.63) is 100 Å². The highest BCUT2D eigenvalue weighted by Crippen LogP contribution is 2.19. The Balaban J connectivity index is 1.94. The molecule has 3 aromatic rings. The van der Waals surface area contributed by atoms with Crippen LogP contribution in [-0.4, -0.2) is 35.9 Å². The molecule has 0 aliphatic carbocycles. The number of rotatable bonds is 11. The Morgan fingerprint density at radius 3 is 2.14 bits per heavy atom. The van der Waals surface area contributed by atoms with Crippen LogP contribution < -0.4 is 10.1 Å². The standard InChI is InChI=1S/C29H33BrN2O3/c1-4-21(2)31-29(34)27(18-22-8-6-5-7-9-22)32(20-24-10-14-25(30)15-11-24)28(33)19-23-12-16-26(35-3)17-13-23/h5-17,21,27H,4,18-20H2,1-3H3,(H,31,34). The number of amides is 2. The van der Waals surface area contributed by atoms with Crippen molar-refractivity contribution in [2.75, 3.05) is 7.11 Å². The molecule has 6 heteroatoms. The van der Waals surface area contributed by atoms with Gasteiger partial charge in [-0.3, -0.25) is 9.59 Å². The highest BCUT2D eigenvalue weighted by molar-refractivity contribution is 9.10. The van der Waals surface area contributed by atoms with E-state index in [4.69, 9.17) is 4.74 Å². The molecular weight excluding hydrogens is 504 g/mol.